The molecular formula is C39H33Cl2F3N8O6. The Labute approximate surface area is 338 Å². The number of carbonyl (C=O) groups excluding carboxylic acids is 4. The van der Waals surface area contributed by atoms with Crippen LogP contribution in [0.4, 0.5) is 36.4 Å². The lowest BCUT2D eigenvalue weighted by Crippen LogP contribution is -2.49. The minimum atomic E-state index is -4.65. The van der Waals surface area contributed by atoms with Crippen LogP contribution in [0.5, 0.6) is 11.8 Å². The summed E-state index contributed by atoms with van der Waals surface area (Å²) in [6.45, 7) is -1.85. The second-order valence-corrected chi connectivity index (χ2v) is 13.7. The number of hydrogen-bond acceptors (Lipinski definition) is 11. The molecule has 1 aliphatic rings. The van der Waals surface area contributed by atoms with Crippen molar-refractivity contribution in [3.8, 4) is 11.8 Å². The van der Waals surface area contributed by atoms with Crippen LogP contribution in [0.25, 0.3) is 0 Å². The molecule has 6 rings (SSSR count). The van der Waals surface area contributed by atoms with Crippen LogP contribution in [0, 0.1) is 0 Å². The lowest BCUT2D eigenvalue weighted by Gasteiger charge is -2.19. The van der Waals surface area contributed by atoms with Gasteiger partial charge in [0.15, 0.2) is 6.61 Å². The van der Waals surface area contributed by atoms with Crippen molar-refractivity contribution < 1.29 is 41.8 Å². The van der Waals surface area contributed by atoms with Gasteiger partial charge in [0.1, 0.15) is 18.4 Å². The van der Waals surface area contributed by atoms with Gasteiger partial charge in [0.2, 0.25) is 17.1 Å². The van der Waals surface area contributed by atoms with Crippen molar-refractivity contribution in [3.05, 3.63) is 125 Å². The van der Waals surface area contributed by atoms with Gasteiger partial charge in [-0.3, -0.25) is 19.2 Å². The molecule has 1 aromatic heterocycles. The Morgan fingerprint density at radius 2 is 1.50 bits per heavy atom. The molecule has 0 spiro atoms. The van der Waals surface area contributed by atoms with Crippen LogP contribution >= 0.6 is 23.2 Å². The number of alkyl halides is 3. The molecule has 1 aliphatic carbocycles. The van der Waals surface area contributed by atoms with Gasteiger partial charge in [-0.25, -0.2) is 0 Å². The van der Waals surface area contributed by atoms with E-state index in [0.717, 1.165) is 11.1 Å². The predicted octanol–water partition coefficient (Wildman–Crippen LogP) is 6.51. The van der Waals surface area contributed by atoms with E-state index in [1.807, 2.05) is 42.5 Å². The fourth-order valence-corrected chi connectivity index (χ4v) is 5.66. The second-order valence-electron chi connectivity index (χ2n) is 12.9. The van der Waals surface area contributed by atoms with Gasteiger partial charge in [-0.2, -0.15) is 28.1 Å². The lowest BCUT2D eigenvalue weighted by atomic mass is 10.1. The molecule has 300 valence electrons. The molecule has 1 heterocycles. The Kier molecular flexibility index (Phi) is 12.9. The van der Waals surface area contributed by atoms with Gasteiger partial charge >= 0.3 is 24.0 Å². The third-order valence-electron chi connectivity index (χ3n) is 8.47. The summed E-state index contributed by atoms with van der Waals surface area (Å²) in [5.41, 5.74) is 1.93. The lowest BCUT2D eigenvalue weighted by molar-refractivity contribution is -0.154. The average molecular weight is 838 g/mol. The van der Waals surface area contributed by atoms with Crippen molar-refractivity contribution in [3.63, 3.8) is 0 Å². The standard InChI is InChI=1S/C39H33Cl2F3N8O6/c40-26-13-11-25(12-14-26)38(17-18-38)52-36-49-35(50-37(51-36)58-22-39(42,43)44)47-27-15-9-24(10-16-27)32(54)48-30(31(41)53)20-45-33(55)34(56)46-28-7-4-8-29(19-28)57-21-23-5-2-1-3-6-23/h1-16,19,30H,17-18,20-22H2,(H,45,55)(H,46,56)(H,48,54)(H2,47,49,50,51,52)/t30-/m0/s1. The van der Waals surface area contributed by atoms with Crippen molar-refractivity contribution in [2.75, 3.05) is 29.1 Å². The van der Waals surface area contributed by atoms with Gasteiger partial charge in [0, 0.05) is 34.6 Å². The number of halogens is 5. The van der Waals surface area contributed by atoms with Crippen molar-refractivity contribution in [2.45, 2.75) is 37.2 Å². The van der Waals surface area contributed by atoms with Crippen LogP contribution in [-0.2, 0) is 26.5 Å². The molecule has 58 heavy (non-hydrogen) atoms. The van der Waals surface area contributed by atoms with Gasteiger partial charge in [-0.15, -0.1) is 0 Å². The molecule has 14 nitrogen and oxygen atoms in total. The van der Waals surface area contributed by atoms with Gasteiger partial charge in [0.25, 0.3) is 5.91 Å². The number of nitrogens with one attached hydrogen (secondary N) is 5. The highest BCUT2D eigenvalue weighted by Gasteiger charge is 2.45. The zero-order valence-electron chi connectivity index (χ0n) is 30.1. The first-order valence-corrected chi connectivity index (χ1v) is 18.2. The van der Waals surface area contributed by atoms with Crippen molar-refractivity contribution in [1.29, 1.82) is 0 Å². The van der Waals surface area contributed by atoms with Crippen LogP contribution < -0.4 is 36.1 Å². The monoisotopic (exact) mass is 836 g/mol. The van der Waals surface area contributed by atoms with Gasteiger partial charge in [0.05, 0.1) is 5.54 Å². The van der Waals surface area contributed by atoms with Crippen molar-refractivity contribution in [2.24, 2.45) is 0 Å². The maximum absolute atomic E-state index is 13.0. The number of anilines is 4. The van der Waals surface area contributed by atoms with E-state index < -0.39 is 59.9 Å². The largest absolute Gasteiger partial charge is 0.489 e. The maximum Gasteiger partial charge on any atom is 0.422 e. The zero-order valence-corrected chi connectivity index (χ0v) is 31.6. The molecule has 1 fully saturated rings. The molecule has 5 N–H and O–H groups in total. The average Bonchev–Trinajstić information content (AvgIpc) is 3.98. The number of benzene rings is 4. The molecule has 0 radical (unpaired) electrons. The number of amides is 3. The molecule has 0 bridgehead atoms. The molecule has 5 aromatic rings. The first-order chi connectivity index (χ1) is 27.7. The van der Waals surface area contributed by atoms with Crippen molar-refractivity contribution >= 4 is 69.4 Å². The third kappa shape index (κ3) is 11.8. The van der Waals surface area contributed by atoms with Gasteiger partial charge in [-0.05, 0) is 84.1 Å². The van der Waals surface area contributed by atoms with Crippen LogP contribution in [0.2, 0.25) is 5.02 Å². The first-order valence-electron chi connectivity index (χ1n) is 17.5. The van der Waals surface area contributed by atoms with E-state index in [1.54, 1.807) is 30.3 Å². The summed E-state index contributed by atoms with van der Waals surface area (Å²) in [4.78, 5) is 62.7. The van der Waals surface area contributed by atoms with Crippen LogP contribution in [0.15, 0.2) is 103 Å². The van der Waals surface area contributed by atoms with Crippen LogP contribution in [0.3, 0.4) is 0 Å². The highest BCUT2D eigenvalue weighted by Crippen LogP contribution is 2.48. The first kappa shape index (κ1) is 41.2. The Morgan fingerprint density at radius 3 is 2.17 bits per heavy atom. The summed E-state index contributed by atoms with van der Waals surface area (Å²) >= 11 is 11.7. The van der Waals surface area contributed by atoms with E-state index in [1.165, 1.54) is 30.3 Å². The number of nitrogens with zero attached hydrogens (tertiary/aromatic N) is 3. The van der Waals surface area contributed by atoms with E-state index in [0.29, 0.717) is 35.9 Å². The summed E-state index contributed by atoms with van der Waals surface area (Å²) in [5, 5.41) is 12.7. The van der Waals surface area contributed by atoms with Gasteiger partial charge < -0.3 is 36.1 Å². The molecular weight excluding hydrogens is 804 g/mol. The number of aromatic nitrogens is 3. The number of hydrogen-bond donors (Lipinski definition) is 5. The van der Waals surface area contributed by atoms with Crippen LogP contribution in [0.1, 0.15) is 34.3 Å². The van der Waals surface area contributed by atoms with E-state index >= 15 is 0 Å². The van der Waals surface area contributed by atoms with E-state index in [4.69, 9.17) is 32.7 Å². The fourth-order valence-electron chi connectivity index (χ4n) is 5.40. The molecule has 1 atom stereocenters. The zero-order chi connectivity index (χ0) is 41.3. The molecule has 0 saturated heterocycles. The molecule has 19 heteroatoms. The fraction of sp³-hybridized carbons (Fsp3) is 0.205. The predicted molar refractivity (Wildman–Crippen MR) is 208 cm³/mol. The number of ether oxygens (including phenoxy) is 2. The third-order valence-corrected chi connectivity index (χ3v) is 8.99. The molecule has 1 saturated carbocycles. The molecule has 0 aliphatic heterocycles. The van der Waals surface area contributed by atoms with E-state index in [-0.39, 0.29) is 23.1 Å². The van der Waals surface area contributed by atoms with Crippen molar-refractivity contribution in [1.82, 2.24) is 25.6 Å². The SMILES string of the molecule is O=C(NC[C@H](NC(=O)c1ccc(Nc2nc(NC3(c4ccc(Cl)cc4)CC3)nc(OCC(F)(F)F)n2)cc1)C(=O)Cl)C(=O)Nc1cccc(OCc2ccccc2)c1. The Hall–Kier alpha value is -6.46. The molecule has 0 unspecified atom stereocenters. The quantitative estimate of drug-likeness (QED) is 0.0539. The summed E-state index contributed by atoms with van der Waals surface area (Å²) in [6.07, 6.45) is -3.25. The summed E-state index contributed by atoms with van der Waals surface area (Å²) in [7, 11) is 0. The number of carbonyl (C=O) groups is 4. The van der Waals surface area contributed by atoms with E-state index in [9.17, 15) is 32.3 Å². The number of rotatable bonds is 16. The Bertz CT molecular complexity index is 2270. The van der Waals surface area contributed by atoms with Crippen LogP contribution in [-0.4, -0.2) is 63.3 Å². The summed E-state index contributed by atoms with van der Waals surface area (Å²) < 4.78 is 49.5. The normalized spacial score (nSPS) is 13.3. The highest BCUT2D eigenvalue weighted by atomic mass is 35.5. The Morgan fingerprint density at radius 1 is 0.793 bits per heavy atom. The highest BCUT2D eigenvalue weighted by molar-refractivity contribution is 6.65. The summed E-state index contributed by atoms with van der Waals surface area (Å²) in [6, 6.07) is 26.6. The minimum absolute atomic E-state index is 0.0437. The summed E-state index contributed by atoms with van der Waals surface area (Å²) in [5.74, 6) is -2.63. The van der Waals surface area contributed by atoms with E-state index in [2.05, 4.69) is 41.5 Å². The smallest absolute Gasteiger partial charge is 0.422 e. The Balaban J connectivity index is 1.04. The topological polar surface area (TPSA) is 186 Å². The second kappa shape index (κ2) is 18.2. The van der Waals surface area contributed by atoms with Gasteiger partial charge in [-0.1, -0.05) is 60.1 Å². The minimum Gasteiger partial charge on any atom is -0.489 e. The molecule has 4 aromatic carbocycles. The maximum atomic E-state index is 13.0. The molecule has 3 amide bonds.